The van der Waals surface area contributed by atoms with E-state index in [2.05, 4.69) is 4.74 Å². The van der Waals surface area contributed by atoms with E-state index >= 15 is 0 Å². The van der Waals surface area contributed by atoms with Gasteiger partial charge in [0.05, 0.1) is 6.61 Å². The summed E-state index contributed by atoms with van der Waals surface area (Å²) in [5, 5.41) is 45.6. The van der Waals surface area contributed by atoms with Crippen molar-refractivity contribution in [2.45, 2.75) is 30.2 Å². The molecule has 0 radical (unpaired) electrons. The summed E-state index contributed by atoms with van der Waals surface area (Å²) in [7, 11) is 0. The molecule has 86 valence electrons. The fraction of sp³-hybridized carbons (Fsp3) is 0.857. The van der Waals surface area contributed by atoms with Gasteiger partial charge in [0.15, 0.2) is 6.29 Å². The molecule has 1 fully saturated rings. The SMILES string of the molecule is O=CC1(O)O[C@H](CO)[C@@H](O)[C@H](O)[C@H]1O.[NaH].[NaH]. The van der Waals surface area contributed by atoms with E-state index in [1.807, 2.05) is 0 Å². The molecule has 1 aliphatic heterocycles. The number of aldehydes is 1. The van der Waals surface area contributed by atoms with Crippen LogP contribution in [0.2, 0.25) is 0 Å². The molecule has 7 nitrogen and oxygen atoms in total. The van der Waals surface area contributed by atoms with Gasteiger partial charge in [-0.05, 0) is 0 Å². The van der Waals surface area contributed by atoms with E-state index in [1.165, 1.54) is 0 Å². The van der Waals surface area contributed by atoms with Gasteiger partial charge in [0.2, 0.25) is 0 Å². The van der Waals surface area contributed by atoms with E-state index in [1.54, 1.807) is 0 Å². The van der Waals surface area contributed by atoms with E-state index < -0.39 is 36.8 Å². The first-order valence-corrected chi connectivity index (χ1v) is 3.98. The van der Waals surface area contributed by atoms with Gasteiger partial charge in [-0.1, -0.05) is 0 Å². The van der Waals surface area contributed by atoms with Crippen LogP contribution in [-0.2, 0) is 9.53 Å². The van der Waals surface area contributed by atoms with Gasteiger partial charge in [0.1, 0.15) is 24.4 Å². The van der Waals surface area contributed by atoms with E-state index in [-0.39, 0.29) is 65.4 Å². The average molecular weight is 256 g/mol. The van der Waals surface area contributed by atoms with E-state index in [0.717, 1.165) is 0 Å². The Morgan fingerprint density at radius 2 is 1.69 bits per heavy atom. The summed E-state index contributed by atoms with van der Waals surface area (Å²) < 4.78 is 4.54. The fourth-order valence-electron chi connectivity index (χ4n) is 1.28. The second kappa shape index (κ2) is 7.78. The van der Waals surface area contributed by atoms with Crippen molar-refractivity contribution in [1.29, 1.82) is 0 Å². The molecule has 0 amide bonds. The second-order valence-corrected chi connectivity index (χ2v) is 3.13. The molecule has 1 unspecified atom stereocenters. The molecule has 0 spiro atoms. The monoisotopic (exact) mass is 256 g/mol. The molecule has 1 heterocycles. The first kappa shape index (κ1) is 19.8. The van der Waals surface area contributed by atoms with Gasteiger partial charge in [-0.2, -0.15) is 0 Å². The zero-order chi connectivity index (χ0) is 10.9. The van der Waals surface area contributed by atoms with Crippen molar-refractivity contribution in [3.63, 3.8) is 0 Å². The van der Waals surface area contributed by atoms with Crippen LogP contribution in [0.25, 0.3) is 0 Å². The molecule has 0 aromatic carbocycles. The minimum absolute atomic E-state index is 0. The first-order valence-electron chi connectivity index (χ1n) is 3.98. The number of rotatable bonds is 2. The normalized spacial score (nSPS) is 42.8. The Bertz CT molecular complexity index is 227. The van der Waals surface area contributed by atoms with Crippen LogP contribution in [0.15, 0.2) is 0 Å². The Hall–Kier alpha value is 1.43. The number of carbonyl (C=O) groups is 1. The molecular weight excluding hydrogens is 242 g/mol. The summed E-state index contributed by atoms with van der Waals surface area (Å²) in [5.41, 5.74) is 0. The van der Waals surface area contributed by atoms with Crippen molar-refractivity contribution in [1.82, 2.24) is 0 Å². The average Bonchev–Trinajstić information content (AvgIpc) is 2.20. The van der Waals surface area contributed by atoms with Crippen molar-refractivity contribution in [3.8, 4) is 0 Å². The Morgan fingerprint density at radius 1 is 1.19 bits per heavy atom. The van der Waals surface area contributed by atoms with E-state index in [4.69, 9.17) is 5.11 Å². The quantitative estimate of drug-likeness (QED) is 0.247. The Morgan fingerprint density at radius 3 is 2.06 bits per heavy atom. The molecule has 0 bridgehead atoms. The number of hydrogen-bond acceptors (Lipinski definition) is 7. The summed E-state index contributed by atoms with van der Waals surface area (Å²) >= 11 is 0. The molecule has 0 aromatic heterocycles. The molecule has 1 aliphatic rings. The van der Waals surface area contributed by atoms with Crippen LogP contribution in [0.1, 0.15) is 0 Å². The third-order valence-electron chi connectivity index (χ3n) is 2.17. The van der Waals surface area contributed by atoms with Crippen molar-refractivity contribution < 1.29 is 35.1 Å². The fourth-order valence-corrected chi connectivity index (χ4v) is 1.28. The van der Waals surface area contributed by atoms with Gasteiger partial charge in [-0.15, -0.1) is 0 Å². The topological polar surface area (TPSA) is 127 Å². The Balaban J connectivity index is 0. The van der Waals surface area contributed by atoms with Crippen LogP contribution in [0, 0.1) is 0 Å². The van der Waals surface area contributed by atoms with Gasteiger partial charge in [0.25, 0.3) is 5.79 Å². The number of carbonyl (C=O) groups excluding carboxylic acids is 1. The van der Waals surface area contributed by atoms with Crippen molar-refractivity contribution in [2.24, 2.45) is 0 Å². The zero-order valence-electron chi connectivity index (χ0n) is 7.15. The summed E-state index contributed by atoms with van der Waals surface area (Å²) in [6.07, 6.45) is -6.68. The summed E-state index contributed by atoms with van der Waals surface area (Å²) in [4.78, 5) is 10.4. The zero-order valence-corrected chi connectivity index (χ0v) is 7.15. The van der Waals surface area contributed by atoms with Gasteiger partial charge in [-0.25, -0.2) is 0 Å². The third kappa shape index (κ3) is 3.71. The van der Waals surface area contributed by atoms with Crippen LogP contribution in [0.5, 0.6) is 0 Å². The van der Waals surface area contributed by atoms with Gasteiger partial charge < -0.3 is 30.3 Å². The molecule has 5 atom stereocenters. The molecule has 0 saturated carbocycles. The second-order valence-electron chi connectivity index (χ2n) is 3.13. The number of aliphatic hydroxyl groups excluding tert-OH is 4. The number of hydrogen-bond donors (Lipinski definition) is 5. The number of ether oxygens (including phenoxy) is 1. The van der Waals surface area contributed by atoms with Crippen LogP contribution < -0.4 is 0 Å². The number of aliphatic hydroxyl groups is 5. The van der Waals surface area contributed by atoms with Gasteiger partial charge in [0, 0.05) is 0 Å². The van der Waals surface area contributed by atoms with E-state index in [9.17, 15) is 25.2 Å². The van der Waals surface area contributed by atoms with Gasteiger partial charge in [-0.3, -0.25) is 4.79 Å². The molecule has 0 aromatic rings. The van der Waals surface area contributed by atoms with Crippen molar-refractivity contribution >= 4 is 65.4 Å². The summed E-state index contributed by atoms with van der Waals surface area (Å²) in [6.45, 7) is -0.693. The maximum absolute atomic E-state index is 10.4. The predicted molar refractivity (Wildman–Crippen MR) is 55.3 cm³/mol. The van der Waals surface area contributed by atoms with Crippen molar-refractivity contribution in [2.75, 3.05) is 6.61 Å². The molecule has 5 N–H and O–H groups in total. The Kier molecular flexibility index (Phi) is 9.60. The minimum atomic E-state index is -2.59. The van der Waals surface area contributed by atoms with Crippen LogP contribution in [-0.4, -0.2) is 128 Å². The first-order chi connectivity index (χ1) is 6.46. The summed E-state index contributed by atoms with van der Waals surface area (Å²) in [5.74, 6) is -2.59. The molecule has 1 rings (SSSR count). The molecular formula is C7H14Na2O7. The predicted octanol–water partition coefficient (Wildman–Crippen LogP) is -4.95. The molecule has 9 heteroatoms. The molecule has 0 aliphatic carbocycles. The van der Waals surface area contributed by atoms with Crippen LogP contribution in [0.3, 0.4) is 0 Å². The molecule has 16 heavy (non-hydrogen) atoms. The standard InChI is InChI=1S/C7H12O7.2Na.2H/c8-1-3-4(10)5(11)6(12)7(13,2-9)14-3;;;;/h2-6,8,10-13H,1H2;;;;/t3-,4-,5+,6-,7?;;;;/m1..../s1. The van der Waals surface area contributed by atoms with E-state index in [0.29, 0.717) is 0 Å². The van der Waals surface area contributed by atoms with Gasteiger partial charge >= 0.3 is 59.1 Å². The summed E-state index contributed by atoms with van der Waals surface area (Å²) in [6, 6.07) is 0. The third-order valence-corrected chi connectivity index (χ3v) is 2.17. The maximum atomic E-state index is 10.4. The van der Waals surface area contributed by atoms with Crippen LogP contribution in [0.4, 0.5) is 0 Å². The molecule has 1 saturated heterocycles. The van der Waals surface area contributed by atoms with Crippen LogP contribution >= 0.6 is 0 Å². The van der Waals surface area contributed by atoms with Crippen molar-refractivity contribution in [3.05, 3.63) is 0 Å². The Labute approximate surface area is 136 Å².